The molecule has 0 unspecified atom stereocenters. The third-order valence-corrected chi connectivity index (χ3v) is 1.99. The third kappa shape index (κ3) is 3.04. The molecule has 78 valence electrons. The second kappa shape index (κ2) is 4.59. The van der Waals surface area contributed by atoms with Crippen molar-refractivity contribution in [2.45, 2.75) is 25.3 Å². The number of carbonyl (C=O) groups is 1. The molecule has 0 aromatic heterocycles. The van der Waals surface area contributed by atoms with Crippen LogP contribution in [0.4, 0.5) is 0 Å². The van der Waals surface area contributed by atoms with Crippen LogP contribution in [0.2, 0.25) is 0 Å². The van der Waals surface area contributed by atoms with E-state index in [9.17, 15) is 4.79 Å². The zero-order chi connectivity index (χ0) is 10.6. The van der Waals surface area contributed by atoms with Gasteiger partial charge >= 0.3 is 0 Å². The van der Waals surface area contributed by atoms with E-state index in [1.807, 2.05) is 0 Å². The number of aliphatic imine (C=N–C) groups is 1. The lowest BCUT2D eigenvalue weighted by Gasteiger charge is -2.07. The highest BCUT2D eigenvalue weighted by molar-refractivity contribution is 5.91. The molecule has 0 aromatic carbocycles. The third-order valence-electron chi connectivity index (χ3n) is 1.99. The van der Waals surface area contributed by atoms with Gasteiger partial charge in [0, 0.05) is 19.4 Å². The number of nitrogens with two attached hydrogens (primary N) is 2. The van der Waals surface area contributed by atoms with Crippen LogP contribution in [0.1, 0.15) is 19.3 Å². The normalized spacial score (nSPS) is 20.3. The lowest BCUT2D eigenvalue weighted by Crippen LogP contribution is -2.34. The van der Waals surface area contributed by atoms with E-state index in [-0.39, 0.29) is 17.8 Å². The summed E-state index contributed by atoms with van der Waals surface area (Å²) in [6, 6.07) is -0.345. The van der Waals surface area contributed by atoms with Crippen LogP contribution in [0.15, 0.2) is 4.99 Å². The highest BCUT2D eigenvalue weighted by Crippen LogP contribution is 2.10. The van der Waals surface area contributed by atoms with E-state index in [2.05, 4.69) is 10.3 Å². The molecule has 0 saturated carbocycles. The van der Waals surface area contributed by atoms with E-state index in [1.54, 1.807) is 0 Å². The molecular weight excluding hydrogens is 182 g/mol. The molecule has 14 heavy (non-hydrogen) atoms. The predicted molar refractivity (Wildman–Crippen MR) is 54.2 cm³/mol. The van der Waals surface area contributed by atoms with Gasteiger partial charge in [-0.15, -0.1) is 0 Å². The fraction of sp³-hybridized carbons (Fsp3) is 0.625. The van der Waals surface area contributed by atoms with Gasteiger partial charge in [0.25, 0.3) is 0 Å². The summed E-state index contributed by atoms with van der Waals surface area (Å²) in [5.41, 5.74) is 10.6. The minimum absolute atomic E-state index is 0.0692. The molecule has 6 N–H and O–H groups in total. The first-order valence-corrected chi connectivity index (χ1v) is 4.52. The predicted octanol–water partition coefficient (Wildman–Crippen LogP) is -1.05. The molecule has 0 radical (unpaired) electrons. The number of hydrogen-bond acceptors (Lipinski definition) is 4. The van der Waals surface area contributed by atoms with Crippen molar-refractivity contribution in [3.05, 3.63) is 0 Å². The zero-order valence-corrected chi connectivity index (χ0v) is 7.92. The molecule has 0 saturated heterocycles. The maximum atomic E-state index is 11.4. The SMILES string of the molecule is N=C(N)CCNC(=O)[C@H]1CCC(N)=N1. The molecular formula is C8H15N5O. The van der Waals surface area contributed by atoms with Gasteiger partial charge in [0.15, 0.2) is 0 Å². The van der Waals surface area contributed by atoms with Crippen molar-refractivity contribution in [1.82, 2.24) is 5.32 Å². The van der Waals surface area contributed by atoms with E-state index < -0.39 is 0 Å². The number of amidine groups is 2. The van der Waals surface area contributed by atoms with Crippen molar-refractivity contribution in [2.75, 3.05) is 6.54 Å². The van der Waals surface area contributed by atoms with E-state index >= 15 is 0 Å². The summed E-state index contributed by atoms with van der Waals surface area (Å²) < 4.78 is 0. The number of nitrogens with zero attached hydrogens (tertiary/aromatic N) is 1. The molecule has 0 spiro atoms. The van der Waals surface area contributed by atoms with Crippen molar-refractivity contribution in [1.29, 1.82) is 5.41 Å². The molecule has 1 amide bonds. The van der Waals surface area contributed by atoms with Gasteiger partial charge in [-0.1, -0.05) is 0 Å². The Balaban J connectivity index is 2.25. The van der Waals surface area contributed by atoms with Gasteiger partial charge in [-0.3, -0.25) is 15.2 Å². The highest BCUT2D eigenvalue weighted by Gasteiger charge is 2.22. The second-order valence-corrected chi connectivity index (χ2v) is 3.24. The number of rotatable bonds is 4. The van der Waals surface area contributed by atoms with Gasteiger partial charge in [0.2, 0.25) is 5.91 Å². The van der Waals surface area contributed by atoms with Gasteiger partial charge in [-0.2, -0.15) is 0 Å². The van der Waals surface area contributed by atoms with Gasteiger partial charge in [0.05, 0.1) is 11.7 Å². The van der Waals surface area contributed by atoms with E-state index in [0.717, 1.165) is 0 Å². The van der Waals surface area contributed by atoms with Crippen LogP contribution >= 0.6 is 0 Å². The van der Waals surface area contributed by atoms with Crippen LogP contribution in [0.5, 0.6) is 0 Å². The Morgan fingerprint density at radius 3 is 2.93 bits per heavy atom. The summed E-state index contributed by atoms with van der Waals surface area (Å²) in [5.74, 6) is 0.475. The van der Waals surface area contributed by atoms with Crippen molar-refractivity contribution in [3.63, 3.8) is 0 Å². The Kier molecular flexibility index (Phi) is 3.44. The van der Waals surface area contributed by atoms with E-state index in [4.69, 9.17) is 16.9 Å². The van der Waals surface area contributed by atoms with Crippen LogP contribution in [0, 0.1) is 5.41 Å². The molecule has 6 heteroatoms. The van der Waals surface area contributed by atoms with Gasteiger partial charge in [0.1, 0.15) is 6.04 Å². The number of hydrogen-bond donors (Lipinski definition) is 4. The molecule has 0 aliphatic carbocycles. The van der Waals surface area contributed by atoms with Crippen LogP contribution in [0.3, 0.4) is 0 Å². The van der Waals surface area contributed by atoms with Crippen molar-refractivity contribution >= 4 is 17.6 Å². The maximum absolute atomic E-state index is 11.4. The average molecular weight is 197 g/mol. The monoisotopic (exact) mass is 197 g/mol. The topological polar surface area (TPSA) is 117 Å². The second-order valence-electron chi connectivity index (χ2n) is 3.24. The first-order chi connectivity index (χ1) is 6.59. The fourth-order valence-corrected chi connectivity index (χ4v) is 1.24. The standard InChI is InChI=1S/C8H15N5O/c9-6(10)3-4-12-8(14)5-1-2-7(11)13-5/h5H,1-4H2,(H3,9,10)(H2,11,13)(H,12,14)/t5-/m1/s1. The van der Waals surface area contributed by atoms with Crippen molar-refractivity contribution < 1.29 is 4.79 Å². The molecule has 0 fully saturated rings. The lowest BCUT2D eigenvalue weighted by molar-refractivity contribution is -0.122. The maximum Gasteiger partial charge on any atom is 0.244 e. The Labute approximate surface area is 82.3 Å². The molecule has 6 nitrogen and oxygen atoms in total. The zero-order valence-electron chi connectivity index (χ0n) is 7.92. The number of carbonyl (C=O) groups excluding carboxylic acids is 1. The van der Waals surface area contributed by atoms with Crippen LogP contribution in [0.25, 0.3) is 0 Å². The lowest BCUT2D eigenvalue weighted by atomic mass is 10.2. The smallest absolute Gasteiger partial charge is 0.244 e. The molecule has 1 aliphatic rings. The Hall–Kier alpha value is -1.59. The molecule has 1 heterocycles. The first-order valence-electron chi connectivity index (χ1n) is 4.52. The fourth-order valence-electron chi connectivity index (χ4n) is 1.24. The summed E-state index contributed by atoms with van der Waals surface area (Å²) >= 11 is 0. The summed E-state index contributed by atoms with van der Waals surface area (Å²) in [5, 5.41) is 9.61. The average Bonchev–Trinajstić information content (AvgIpc) is 2.51. The molecule has 0 bridgehead atoms. The van der Waals surface area contributed by atoms with Gasteiger partial charge < -0.3 is 16.8 Å². The first kappa shape index (κ1) is 10.5. The summed E-state index contributed by atoms with van der Waals surface area (Å²) in [7, 11) is 0. The minimum Gasteiger partial charge on any atom is -0.388 e. The Morgan fingerprint density at radius 1 is 1.71 bits per heavy atom. The molecule has 1 aliphatic heterocycles. The largest absolute Gasteiger partial charge is 0.388 e. The van der Waals surface area contributed by atoms with Crippen LogP contribution < -0.4 is 16.8 Å². The Morgan fingerprint density at radius 2 is 2.43 bits per heavy atom. The molecule has 1 rings (SSSR count). The summed E-state index contributed by atoms with van der Waals surface area (Å²) in [4.78, 5) is 15.4. The molecule has 0 aromatic rings. The van der Waals surface area contributed by atoms with E-state index in [1.165, 1.54) is 0 Å². The van der Waals surface area contributed by atoms with Gasteiger partial charge in [-0.05, 0) is 6.42 Å². The van der Waals surface area contributed by atoms with E-state index in [0.29, 0.717) is 31.6 Å². The summed E-state index contributed by atoms with van der Waals surface area (Å²) in [6.07, 6.45) is 1.74. The molecule has 1 atom stereocenters. The Bertz CT molecular complexity index is 273. The highest BCUT2D eigenvalue weighted by atomic mass is 16.2. The number of amides is 1. The van der Waals surface area contributed by atoms with Gasteiger partial charge in [-0.25, -0.2) is 0 Å². The van der Waals surface area contributed by atoms with Crippen LogP contribution in [-0.4, -0.2) is 30.2 Å². The quantitative estimate of drug-likeness (QED) is 0.340. The van der Waals surface area contributed by atoms with Crippen molar-refractivity contribution in [3.8, 4) is 0 Å². The van der Waals surface area contributed by atoms with Crippen molar-refractivity contribution in [2.24, 2.45) is 16.5 Å². The van der Waals surface area contributed by atoms with Crippen LogP contribution in [-0.2, 0) is 4.79 Å². The number of nitrogens with one attached hydrogen (secondary N) is 2. The summed E-state index contributed by atoms with van der Waals surface area (Å²) in [6.45, 7) is 0.389. The minimum atomic E-state index is -0.345.